The molecule has 4 aromatic rings. The third-order valence-corrected chi connectivity index (χ3v) is 12.9. The Bertz CT molecular complexity index is 2940. The number of hydrogen-bond acceptors (Lipinski definition) is 10. The van der Waals surface area contributed by atoms with Gasteiger partial charge in [-0.2, -0.15) is 44.5 Å². The highest BCUT2D eigenvalue weighted by Crippen LogP contribution is 2.45. The lowest BCUT2D eigenvalue weighted by atomic mass is 9.93. The lowest BCUT2D eigenvalue weighted by molar-refractivity contribution is -0.142. The number of aliphatic imine (C=N–C) groups is 1. The average molecular weight is 1080 g/mol. The Morgan fingerprint density at radius 2 is 1.62 bits per heavy atom. The second-order valence-corrected chi connectivity index (χ2v) is 19.6. The maximum Gasteiger partial charge on any atom is 0.431 e. The minimum absolute atomic E-state index is 0.0809. The van der Waals surface area contributed by atoms with Crippen molar-refractivity contribution in [1.29, 1.82) is 0 Å². The SMILES string of the molecule is CSC(C)(C)C#Cc1ccc(-c2ccc(Cl)c3c(N(C(=O)N(CC(=O)O)CC(=O)O)S(C)=O)nn(CC(F)(F)F)c23)c(C(Cc2cc(F)cc(F)c2)NC(=O)CN=C2/C(=C(\N)C(F)(F)F)[C@@H](C)CC2(F)F)n1. The Kier molecular flexibility index (Phi) is 17.1. The van der Waals surface area contributed by atoms with Crippen molar-refractivity contribution in [2.75, 3.05) is 36.5 Å². The molecule has 0 radical (unpaired) electrons. The molecule has 1 aliphatic carbocycles. The van der Waals surface area contributed by atoms with Crippen LogP contribution in [-0.4, -0.2) is 119 Å². The lowest BCUT2D eigenvalue weighted by Crippen LogP contribution is -2.48. The first-order valence-electron chi connectivity index (χ1n) is 20.7. The van der Waals surface area contributed by atoms with Crippen LogP contribution in [0.5, 0.6) is 0 Å². The van der Waals surface area contributed by atoms with Crippen molar-refractivity contribution in [1.82, 2.24) is 25.0 Å². The van der Waals surface area contributed by atoms with Crippen molar-refractivity contribution in [3.63, 3.8) is 0 Å². The van der Waals surface area contributed by atoms with Crippen LogP contribution in [-0.2, 0) is 38.3 Å². The molecule has 0 aliphatic heterocycles. The fourth-order valence-corrected chi connectivity index (χ4v) is 8.61. The van der Waals surface area contributed by atoms with Crippen LogP contribution in [0.1, 0.15) is 50.2 Å². The number of nitrogens with two attached hydrogens (primary N) is 1. The van der Waals surface area contributed by atoms with Crippen LogP contribution in [0.4, 0.5) is 54.5 Å². The number of hydrogen-bond donors (Lipinski definition) is 4. The molecule has 28 heteroatoms. The zero-order chi connectivity index (χ0) is 54.0. The summed E-state index contributed by atoms with van der Waals surface area (Å²) in [5.74, 6) is -7.56. The standard InChI is InChI=1S/C44H41ClF10N8O7S2/c1-21-16-42(48,49)38(33(21)37(56)44(53,54)55)57-17-30(64)59-29(14-22-12-23(46)15-24(47)13-22)35-26(7-6-25(58-35)10-11-41(2,3)71-4)27-8-9-28(45)34-36(27)62(20-43(50,51)52)60-39(34)63(72(5)70)40(69)61(18-31(65)66)19-32(67)68/h6-9,12-13,15,21,29H,14,16-20,56H2,1-5H3,(H,59,64)(H,65,66)(H,67,68)/b37-33-,57-38?/t21-,29?,72?/m0/s1. The molecular weight excluding hydrogens is 1040 g/mol. The summed E-state index contributed by atoms with van der Waals surface area (Å²) >= 11 is 7.95. The molecule has 3 amide bonds. The van der Waals surface area contributed by atoms with Crippen LogP contribution in [0, 0.1) is 29.4 Å². The normalized spacial score (nSPS) is 17.0. The monoisotopic (exact) mass is 1080 g/mol. The third-order valence-electron chi connectivity index (χ3n) is 10.6. The molecule has 0 bridgehead atoms. The average Bonchev–Trinajstić information content (AvgIpc) is 3.71. The summed E-state index contributed by atoms with van der Waals surface area (Å²) in [5.41, 5.74) is -0.868. The molecule has 2 unspecified atom stereocenters. The maximum atomic E-state index is 15.2. The maximum absolute atomic E-state index is 15.2. The van der Waals surface area contributed by atoms with E-state index in [4.69, 9.17) is 17.3 Å². The van der Waals surface area contributed by atoms with Gasteiger partial charge in [-0.05, 0) is 74.3 Å². The first-order chi connectivity index (χ1) is 33.2. The summed E-state index contributed by atoms with van der Waals surface area (Å²) in [6, 6.07) is 3.62. The highest BCUT2D eigenvalue weighted by atomic mass is 35.5. The molecule has 388 valence electrons. The van der Waals surface area contributed by atoms with E-state index < -0.39 is 159 Å². The Balaban J connectivity index is 1.84. The van der Waals surface area contributed by atoms with E-state index in [0.29, 0.717) is 6.07 Å². The molecule has 72 heavy (non-hydrogen) atoms. The van der Waals surface area contributed by atoms with Gasteiger partial charge in [0.2, 0.25) is 5.91 Å². The van der Waals surface area contributed by atoms with Crippen molar-refractivity contribution in [3.8, 4) is 23.0 Å². The molecule has 2 aromatic heterocycles. The first-order valence-corrected chi connectivity index (χ1v) is 23.8. The number of amides is 3. The van der Waals surface area contributed by atoms with E-state index in [9.17, 15) is 68.7 Å². The number of rotatable bonds is 15. The highest BCUT2D eigenvalue weighted by Gasteiger charge is 2.52. The second kappa shape index (κ2) is 21.8. The minimum atomic E-state index is -5.27. The molecule has 5 rings (SSSR count). The predicted octanol–water partition coefficient (Wildman–Crippen LogP) is 8.07. The summed E-state index contributed by atoms with van der Waals surface area (Å²) in [5, 5.41) is 24.3. The number of carboxylic acids is 2. The number of halogens is 11. The zero-order valence-electron chi connectivity index (χ0n) is 38.1. The third kappa shape index (κ3) is 13.6. The van der Waals surface area contributed by atoms with E-state index in [1.165, 1.54) is 23.9 Å². The number of carboxylic acid groups (broad SMARTS) is 2. The van der Waals surface area contributed by atoms with Gasteiger partial charge in [0.25, 0.3) is 5.92 Å². The van der Waals surface area contributed by atoms with Gasteiger partial charge in [0.1, 0.15) is 65.9 Å². The molecule has 15 nitrogen and oxygen atoms in total. The molecule has 1 saturated carbocycles. The number of aliphatic carboxylic acids is 2. The zero-order valence-corrected chi connectivity index (χ0v) is 40.5. The summed E-state index contributed by atoms with van der Waals surface area (Å²) < 4.78 is 158. The van der Waals surface area contributed by atoms with Crippen LogP contribution in [0.25, 0.3) is 22.0 Å². The van der Waals surface area contributed by atoms with Crippen molar-refractivity contribution in [2.45, 2.75) is 69.2 Å². The van der Waals surface area contributed by atoms with Crippen LogP contribution >= 0.6 is 23.4 Å². The Hall–Kier alpha value is -6.40. The van der Waals surface area contributed by atoms with E-state index in [2.05, 4.69) is 32.2 Å². The summed E-state index contributed by atoms with van der Waals surface area (Å²) in [7, 11) is -2.66. The topological polar surface area (TPSA) is 213 Å². The molecule has 1 fully saturated rings. The number of nitrogens with zero attached hydrogens (tertiary/aromatic N) is 6. The Labute approximate surface area is 414 Å². The van der Waals surface area contributed by atoms with E-state index in [1.807, 2.05) is 0 Å². The number of carbonyl (C=O) groups excluding carboxylic acids is 2. The number of pyridine rings is 1. The highest BCUT2D eigenvalue weighted by molar-refractivity contribution is 8.00. The van der Waals surface area contributed by atoms with E-state index >= 15 is 8.78 Å². The molecule has 2 aromatic carbocycles. The Morgan fingerprint density at radius 3 is 2.17 bits per heavy atom. The number of alkyl halides is 8. The number of aromatic nitrogens is 3. The van der Waals surface area contributed by atoms with Gasteiger partial charge in [-0.15, -0.1) is 11.8 Å². The molecule has 3 atom stereocenters. The van der Waals surface area contributed by atoms with E-state index in [1.54, 1.807) is 20.1 Å². The lowest BCUT2D eigenvalue weighted by Gasteiger charge is -2.25. The molecule has 1 aliphatic rings. The van der Waals surface area contributed by atoms with Gasteiger partial charge in [-0.1, -0.05) is 30.5 Å². The van der Waals surface area contributed by atoms with Gasteiger partial charge >= 0.3 is 30.3 Å². The number of urea groups is 1. The van der Waals surface area contributed by atoms with Gasteiger partial charge in [0, 0.05) is 35.4 Å². The van der Waals surface area contributed by atoms with E-state index in [-0.39, 0.29) is 42.0 Å². The first kappa shape index (κ1) is 56.5. The van der Waals surface area contributed by atoms with Gasteiger partial charge < -0.3 is 26.2 Å². The molecule has 5 N–H and O–H groups in total. The number of allylic oxidation sites excluding steroid dienone is 2. The molecule has 2 heterocycles. The number of thioether (sulfide) groups is 1. The summed E-state index contributed by atoms with van der Waals surface area (Å²) in [6.45, 7) is -1.34. The number of benzene rings is 2. The predicted molar refractivity (Wildman–Crippen MR) is 247 cm³/mol. The fourth-order valence-electron chi connectivity index (χ4n) is 7.51. The van der Waals surface area contributed by atoms with Crippen molar-refractivity contribution >= 4 is 80.7 Å². The number of nitrogens with one attached hydrogen (secondary N) is 1. The largest absolute Gasteiger partial charge is 0.480 e. The van der Waals surface area contributed by atoms with Crippen LogP contribution in [0.15, 0.2) is 58.7 Å². The van der Waals surface area contributed by atoms with E-state index in [0.717, 1.165) is 37.4 Å². The van der Waals surface area contributed by atoms with Crippen LogP contribution < -0.4 is 15.4 Å². The van der Waals surface area contributed by atoms with Crippen molar-refractivity contribution < 1.29 is 77.5 Å². The van der Waals surface area contributed by atoms with Crippen molar-refractivity contribution in [2.24, 2.45) is 16.6 Å². The number of carbonyl (C=O) groups is 4. The van der Waals surface area contributed by atoms with Gasteiger partial charge in [-0.25, -0.2) is 22.8 Å². The summed E-state index contributed by atoms with van der Waals surface area (Å²) in [6.07, 6.45) is -9.61. The summed E-state index contributed by atoms with van der Waals surface area (Å²) in [4.78, 5) is 59.6. The number of anilines is 1. The second-order valence-electron chi connectivity index (χ2n) is 16.6. The Morgan fingerprint density at radius 1 is 1.03 bits per heavy atom. The quantitative estimate of drug-likeness (QED) is 0.0660. The van der Waals surface area contributed by atoms with Crippen LogP contribution in [0.2, 0.25) is 5.02 Å². The molecule has 0 saturated heterocycles. The molecular formula is C44H41ClF10N8O7S2. The van der Waals surface area contributed by atoms with Crippen LogP contribution in [0.3, 0.4) is 0 Å². The fraction of sp³-hybridized carbons (Fsp3) is 0.386. The van der Waals surface area contributed by atoms with Gasteiger partial charge in [-0.3, -0.25) is 24.1 Å². The van der Waals surface area contributed by atoms with Crippen molar-refractivity contribution in [3.05, 3.63) is 87.3 Å². The smallest absolute Gasteiger partial charge is 0.431 e. The molecule has 0 spiro atoms. The minimum Gasteiger partial charge on any atom is -0.480 e. The number of fused-ring (bicyclic) bond motifs is 1. The van der Waals surface area contributed by atoms with Gasteiger partial charge in [0.05, 0.1) is 32.4 Å². The van der Waals surface area contributed by atoms with Gasteiger partial charge in [0.15, 0.2) is 5.82 Å².